The summed E-state index contributed by atoms with van der Waals surface area (Å²) in [7, 11) is 0. The number of nitrogens with one attached hydrogen (secondary N) is 2. The summed E-state index contributed by atoms with van der Waals surface area (Å²) < 4.78 is 0. The molecule has 4 N–H and O–H groups in total. The summed E-state index contributed by atoms with van der Waals surface area (Å²) in [4.78, 5) is 51.7. The molecule has 1 aromatic heterocycles. The van der Waals surface area contributed by atoms with Crippen LogP contribution in [0, 0.1) is 0 Å². The zero-order valence-corrected chi connectivity index (χ0v) is 17.5. The van der Waals surface area contributed by atoms with Crippen molar-refractivity contribution in [1.82, 2.24) is 15.7 Å². The standard InChI is InChI=1S/C20H17N3O6S2/c24-12(9-11-7-4-8-30-11)21-14-18(26)23-15(20(27)28)13(10-5-2-1-3-6-10)16(17(25)22-29)31-19(14)23/h1-8,14-15,19,29H,9H2,(H,21,24)(H,22,25)(H,27,28)/t14?,15?,19-/m1/s1. The van der Waals surface area contributed by atoms with Crippen LogP contribution < -0.4 is 10.8 Å². The first-order chi connectivity index (χ1) is 14.9. The summed E-state index contributed by atoms with van der Waals surface area (Å²) in [5.74, 6) is -3.11. The van der Waals surface area contributed by atoms with Crippen LogP contribution >= 0.6 is 23.1 Å². The van der Waals surface area contributed by atoms with Crippen molar-refractivity contribution in [1.29, 1.82) is 0 Å². The van der Waals surface area contributed by atoms with E-state index < -0.39 is 35.2 Å². The van der Waals surface area contributed by atoms with Gasteiger partial charge < -0.3 is 15.3 Å². The molecule has 31 heavy (non-hydrogen) atoms. The number of hydrogen-bond donors (Lipinski definition) is 4. The molecule has 9 nitrogen and oxygen atoms in total. The Bertz CT molecular complexity index is 1070. The van der Waals surface area contributed by atoms with Crippen LogP contribution in [0.4, 0.5) is 0 Å². The van der Waals surface area contributed by atoms with Crippen LogP contribution in [0.15, 0.2) is 52.7 Å². The summed E-state index contributed by atoms with van der Waals surface area (Å²) >= 11 is 2.35. The van der Waals surface area contributed by atoms with E-state index in [0.717, 1.165) is 21.5 Å². The summed E-state index contributed by atoms with van der Waals surface area (Å²) in [6.45, 7) is 0. The van der Waals surface area contributed by atoms with Crippen molar-refractivity contribution in [2.75, 3.05) is 0 Å². The number of thiophene rings is 1. The first-order valence-electron chi connectivity index (χ1n) is 9.19. The number of hydroxylamine groups is 1. The highest BCUT2D eigenvalue weighted by molar-refractivity contribution is 8.05. The maximum Gasteiger partial charge on any atom is 0.331 e. The highest BCUT2D eigenvalue weighted by Gasteiger charge is 2.58. The number of β-lactam (4-membered cyclic amide) rings is 1. The summed E-state index contributed by atoms with van der Waals surface area (Å²) in [5, 5.41) is 22.8. The summed E-state index contributed by atoms with van der Waals surface area (Å²) in [6, 6.07) is 9.55. The van der Waals surface area contributed by atoms with Gasteiger partial charge in [-0.25, -0.2) is 10.3 Å². The normalized spacial score (nSPS) is 22.4. The number of aliphatic carboxylic acids is 1. The van der Waals surface area contributed by atoms with Gasteiger partial charge in [0.05, 0.1) is 11.3 Å². The summed E-state index contributed by atoms with van der Waals surface area (Å²) in [5.41, 5.74) is 2.10. The van der Waals surface area contributed by atoms with Gasteiger partial charge in [0, 0.05) is 10.5 Å². The first-order valence-corrected chi connectivity index (χ1v) is 11.0. The molecule has 0 bridgehead atoms. The highest BCUT2D eigenvalue weighted by Crippen LogP contribution is 2.47. The number of thioether (sulfide) groups is 1. The van der Waals surface area contributed by atoms with Gasteiger partial charge in [0.25, 0.3) is 5.91 Å². The third-order valence-electron chi connectivity index (χ3n) is 4.97. The first kappa shape index (κ1) is 21.1. The smallest absolute Gasteiger partial charge is 0.331 e. The van der Waals surface area contributed by atoms with Crippen LogP contribution in [0.1, 0.15) is 10.4 Å². The minimum atomic E-state index is -1.43. The van der Waals surface area contributed by atoms with Crippen molar-refractivity contribution in [2.45, 2.75) is 23.9 Å². The molecular formula is C20H17N3O6S2. The van der Waals surface area contributed by atoms with Crippen LogP contribution in [0.2, 0.25) is 0 Å². The second-order valence-electron chi connectivity index (χ2n) is 6.85. The molecule has 2 unspecified atom stereocenters. The fraction of sp³-hybridized carbons (Fsp3) is 0.200. The highest BCUT2D eigenvalue weighted by atomic mass is 32.2. The monoisotopic (exact) mass is 459 g/mol. The number of carbonyl (C=O) groups is 4. The van der Waals surface area contributed by atoms with Gasteiger partial charge in [-0.2, -0.15) is 0 Å². The lowest BCUT2D eigenvalue weighted by molar-refractivity contribution is -0.159. The van der Waals surface area contributed by atoms with Crippen molar-refractivity contribution in [3.8, 4) is 0 Å². The molecule has 2 aliphatic heterocycles. The van der Waals surface area contributed by atoms with Crippen molar-refractivity contribution >= 4 is 52.4 Å². The lowest BCUT2D eigenvalue weighted by Crippen LogP contribution is -2.74. The molecular weight excluding hydrogens is 442 g/mol. The Balaban J connectivity index is 1.67. The Hall–Kier alpha value is -3.15. The van der Waals surface area contributed by atoms with Crippen molar-refractivity contribution in [3.63, 3.8) is 0 Å². The van der Waals surface area contributed by atoms with Crippen LogP contribution in [0.3, 0.4) is 0 Å². The molecule has 1 aromatic carbocycles. The number of carboxylic acid groups (broad SMARTS) is 1. The zero-order valence-electron chi connectivity index (χ0n) is 15.8. The van der Waals surface area contributed by atoms with E-state index in [4.69, 9.17) is 0 Å². The van der Waals surface area contributed by atoms with Crippen LogP contribution in [0.5, 0.6) is 0 Å². The Morgan fingerprint density at radius 2 is 1.84 bits per heavy atom. The van der Waals surface area contributed by atoms with Crippen molar-refractivity contribution < 1.29 is 29.5 Å². The molecule has 1 saturated heterocycles. The van der Waals surface area contributed by atoms with Crippen molar-refractivity contribution in [3.05, 3.63) is 63.2 Å². The fourth-order valence-corrected chi connectivity index (χ4v) is 5.75. The van der Waals surface area contributed by atoms with Crippen LogP contribution in [-0.2, 0) is 25.6 Å². The number of amides is 3. The topological polar surface area (TPSA) is 136 Å². The minimum Gasteiger partial charge on any atom is -0.479 e. The fourth-order valence-electron chi connectivity index (χ4n) is 3.64. The third-order valence-corrected chi connectivity index (χ3v) is 7.23. The molecule has 0 spiro atoms. The van der Waals surface area contributed by atoms with E-state index in [1.165, 1.54) is 11.3 Å². The average molecular weight is 460 g/mol. The maximum absolute atomic E-state index is 12.8. The lowest BCUT2D eigenvalue weighted by atomic mass is 9.91. The predicted octanol–water partition coefficient (Wildman–Crippen LogP) is 1.06. The predicted molar refractivity (Wildman–Crippen MR) is 113 cm³/mol. The van der Waals surface area contributed by atoms with Gasteiger partial charge in [-0.05, 0) is 17.0 Å². The van der Waals surface area contributed by atoms with Crippen LogP contribution in [-0.4, -0.2) is 56.4 Å². The molecule has 4 rings (SSSR count). The largest absolute Gasteiger partial charge is 0.479 e. The number of fused-ring (bicyclic) bond motifs is 1. The van der Waals surface area contributed by atoms with Crippen LogP contribution in [0.25, 0.3) is 5.57 Å². The molecule has 11 heteroatoms. The average Bonchev–Trinajstić information content (AvgIpc) is 3.28. The van der Waals surface area contributed by atoms with E-state index in [2.05, 4.69) is 5.32 Å². The van der Waals surface area contributed by atoms with E-state index in [0.29, 0.717) is 5.56 Å². The van der Waals surface area contributed by atoms with Gasteiger partial charge in [-0.1, -0.05) is 48.2 Å². The molecule has 0 radical (unpaired) electrons. The Labute approximate surface area is 184 Å². The Morgan fingerprint density at radius 1 is 1.10 bits per heavy atom. The maximum atomic E-state index is 12.8. The number of carboxylic acids is 1. The number of rotatable bonds is 6. The van der Waals surface area contributed by atoms with Gasteiger partial charge in [0.15, 0.2) is 6.04 Å². The second kappa shape index (κ2) is 8.53. The quantitative estimate of drug-likeness (QED) is 0.288. The Kier molecular flexibility index (Phi) is 5.81. The molecule has 3 amide bonds. The second-order valence-corrected chi connectivity index (χ2v) is 9.00. The number of benzene rings is 1. The van der Waals surface area contributed by atoms with Gasteiger partial charge in [-0.15, -0.1) is 11.3 Å². The molecule has 1 fully saturated rings. The molecule has 2 aliphatic rings. The van der Waals surface area contributed by atoms with E-state index in [1.54, 1.807) is 41.9 Å². The Morgan fingerprint density at radius 3 is 2.45 bits per heavy atom. The molecule has 0 saturated carbocycles. The molecule has 3 heterocycles. The number of nitrogens with zero attached hydrogens (tertiary/aromatic N) is 1. The minimum absolute atomic E-state index is 0.0210. The number of carbonyl (C=O) groups excluding carboxylic acids is 3. The van der Waals surface area contributed by atoms with Crippen molar-refractivity contribution in [2.24, 2.45) is 0 Å². The molecule has 160 valence electrons. The zero-order chi connectivity index (χ0) is 22.1. The van der Waals surface area contributed by atoms with E-state index in [9.17, 15) is 29.5 Å². The van der Waals surface area contributed by atoms with Gasteiger partial charge in [-0.3, -0.25) is 19.6 Å². The SMILES string of the molecule is O=C(Cc1cccs1)NC1C(=O)N2C(C(=O)O)C(c3ccccc3)=C(C(=O)NO)S[C@H]12. The van der Waals surface area contributed by atoms with E-state index >= 15 is 0 Å². The summed E-state index contributed by atoms with van der Waals surface area (Å²) in [6.07, 6.45) is 0.0935. The van der Waals surface area contributed by atoms with Gasteiger partial charge in [0.1, 0.15) is 11.4 Å². The third kappa shape index (κ3) is 3.82. The molecule has 2 aromatic rings. The molecule has 3 atom stereocenters. The lowest BCUT2D eigenvalue weighted by Gasteiger charge is -2.52. The van der Waals surface area contributed by atoms with E-state index in [1.807, 2.05) is 11.4 Å². The molecule has 0 aliphatic carbocycles. The van der Waals surface area contributed by atoms with Gasteiger partial charge >= 0.3 is 5.97 Å². The number of hydrogen-bond acceptors (Lipinski definition) is 7. The van der Waals surface area contributed by atoms with E-state index in [-0.39, 0.29) is 22.8 Å². The van der Waals surface area contributed by atoms with Gasteiger partial charge in [0.2, 0.25) is 11.8 Å².